The SMILES string of the molecule is CCCCCCCCOC(=O)[C@@H](N)CCON. The van der Waals surface area contributed by atoms with Crippen LogP contribution in [-0.4, -0.2) is 25.2 Å². The molecule has 102 valence electrons. The molecule has 5 nitrogen and oxygen atoms in total. The summed E-state index contributed by atoms with van der Waals surface area (Å²) in [5.74, 6) is 4.48. The molecule has 4 N–H and O–H groups in total. The van der Waals surface area contributed by atoms with Crippen molar-refractivity contribution in [1.82, 2.24) is 0 Å². The minimum Gasteiger partial charge on any atom is -0.465 e. The minimum atomic E-state index is -0.626. The number of unbranched alkanes of at least 4 members (excludes halogenated alkanes) is 5. The summed E-state index contributed by atoms with van der Waals surface area (Å²) >= 11 is 0. The Morgan fingerprint density at radius 2 is 1.76 bits per heavy atom. The predicted octanol–water partition coefficient (Wildman–Crippen LogP) is 1.50. The third-order valence-electron chi connectivity index (χ3n) is 2.59. The van der Waals surface area contributed by atoms with Crippen molar-refractivity contribution in [3.63, 3.8) is 0 Å². The number of hydrogen-bond acceptors (Lipinski definition) is 5. The Hall–Kier alpha value is -0.650. The molecule has 0 aliphatic rings. The number of hydrogen-bond donors (Lipinski definition) is 2. The molecule has 0 spiro atoms. The van der Waals surface area contributed by atoms with E-state index in [9.17, 15) is 4.79 Å². The number of carbonyl (C=O) groups excluding carboxylic acids is 1. The highest BCUT2D eigenvalue weighted by Gasteiger charge is 2.14. The van der Waals surface area contributed by atoms with Gasteiger partial charge < -0.3 is 15.3 Å². The van der Waals surface area contributed by atoms with Crippen LogP contribution >= 0.6 is 0 Å². The van der Waals surface area contributed by atoms with Crippen LogP contribution in [0.1, 0.15) is 51.9 Å². The van der Waals surface area contributed by atoms with Crippen molar-refractivity contribution in [3.8, 4) is 0 Å². The maximum absolute atomic E-state index is 11.3. The van der Waals surface area contributed by atoms with Crippen LogP contribution in [0.25, 0.3) is 0 Å². The van der Waals surface area contributed by atoms with Crippen molar-refractivity contribution in [1.29, 1.82) is 0 Å². The molecule has 0 rings (SSSR count). The molecule has 0 aromatic heterocycles. The Kier molecular flexibility index (Phi) is 11.4. The topological polar surface area (TPSA) is 87.6 Å². The molecule has 0 radical (unpaired) electrons. The van der Waals surface area contributed by atoms with Crippen LogP contribution in [0, 0.1) is 0 Å². The van der Waals surface area contributed by atoms with Gasteiger partial charge in [-0.25, -0.2) is 5.90 Å². The summed E-state index contributed by atoms with van der Waals surface area (Å²) in [5, 5.41) is 0. The van der Waals surface area contributed by atoms with Gasteiger partial charge in [0, 0.05) is 0 Å². The molecule has 0 saturated heterocycles. The van der Waals surface area contributed by atoms with Crippen molar-refractivity contribution in [2.45, 2.75) is 57.9 Å². The second-order valence-corrected chi connectivity index (χ2v) is 4.20. The van der Waals surface area contributed by atoms with E-state index in [2.05, 4.69) is 11.8 Å². The third kappa shape index (κ3) is 10.2. The summed E-state index contributed by atoms with van der Waals surface area (Å²) in [6.45, 7) is 2.92. The first kappa shape index (κ1) is 16.4. The second kappa shape index (κ2) is 11.8. The van der Waals surface area contributed by atoms with Crippen molar-refractivity contribution in [2.75, 3.05) is 13.2 Å². The van der Waals surface area contributed by atoms with Crippen LogP contribution < -0.4 is 11.6 Å². The Balaban J connectivity index is 3.32. The first-order valence-electron chi connectivity index (χ1n) is 6.46. The van der Waals surface area contributed by atoms with E-state index >= 15 is 0 Å². The number of ether oxygens (including phenoxy) is 1. The fourth-order valence-corrected chi connectivity index (χ4v) is 1.48. The van der Waals surface area contributed by atoms with E-state index in [0.717, 1.165) is 12.8 Å². The van der Waals surface area contributed by atoms with Crippen LogP contribution in [-0.2, 0) is 14.4 Å². The molecule has 0 fully saturated rings. The lowest BCUT2D eigenvalue weighted by molar-refractivity contribution is -0.145. The summed E-state index contributed by atoms with van der Waals surface area (Å²) in [6.07, 6.45) is 7.41. The standard InChI is InChI=1S/C12H26N2O3/c1-2-3-4-5-6-7-9-16-12(15)11(13)8-10-17-14/h11H,2-10,13-14H2,1H3/t11-/m0/s1. The highest BCUT2D eigenvalue weighted by atomic mass is 16.6. The van der Waals surface area contributed by atoms with Crippen LogP contribution in [0.4, 0.5) is 0 Å². The maximum Gasteiger partial charge on any atom is 0.322 e. The van der Waals surface area contributed by atoms with Crippen LogP contribution in [0.5, 0.6) is 0 Å². The number of esters is 1. The smallest absolute Gasteiger partial charge is 0.322 e. The first-order chi connectivity index (χ1) is 8.22. The van der Waals surface area contributed by atoms with Gasteiger partial charge in [-0.3, -0.25) is 4.79 Å². The summed E-state index contributed by atoms with van der Waals surface area (Å²) < 4.78 is 5.05. The summed E-state index contributed by atoms with van der Waals surface area (Å²) in [4.78, 5) is 15.7. The summed E-state index contributed by atoms with van der Waals surface area (Å²) in [7, 11) is 0. The van der Waals surface area contributed by atoms with Gasteiger partial charge in [0.2, 0.25) is 0 Å². The number of nitrogens with two attached hydrogens (primary N) is 2. The normalized spacial score (nSPS) is 12.4. The van der Waals surface area contributed by atoms with Gasteiger partial charge in [-0.15, -0.1) is 0 Å². The molecule has 0 heterocycles. The van der Waals surface area contributed by atoms with Crippen LogP contribution in [0.3, 0.4) is 0 Å². The minimum absolute atomic E-state index is 0.271. The lowest BCUT2D eigenvalue weighted by Gasteiger charge is -2.10. The molecule has 0 amide bonds. The predicted molar refractivity (Wildman–Crippen MR) is 67.1 cm³/mol. The molecule has 0 aromatic rings. The molecule has 0 unspecified atom stereocenters. The lowest BCUT2D eigenvalue weighted by Crippen LogP contribution is -2.34. The monoisotopic (exact) mass is 246 g/mol. The van der Waals surface area contributed by atoms with Gasteiger partial charge in [-0.05, 0) is 12.8 Å². The molecule has 0 aliphatic heterocycles. The molecule has 0 aromatic carbocycles. The number of carbonyl (C=O) groups is 1. The largest absolute Gasteiger partial charge is 0.465 e. The van der Waals surface area contributed by atoms with Gasteiger partial charge in [0.15, 0.2) is 0 Å². The van der Waals surface area contributed by atoms with E-state index in [1.807, 2.05) is 0 Å². The van der Waals surface area contributed by atoms with Crippen molar-refractivity contribution in [3.05, 3.63) is 0 Å². The molecule has 5 heteroatoms. The molecular weight excluding hydrogens is 220 g/mol. The maximum atomic E-state index is 11.3. The van der Waals surface area contributed by atoms with Gasteiger partial charge in [0.05, 0.1) is 13.2 Å². The van der Waals surface area contributed by atoms with Gasteiger partial charge in [0.1, 0.15) is 6.04 Å². The average molecular weight is 246 g/mol. The Morgan fingerprint density at radius 3 is 2.41 bits per heavy atom. The molecule has 0 bridgehead atoms. The van der Waals surface area contributed by atoms with Gasteiger partial charge in [-0.1, -0.05) is 39.0 Å². The highest BCUT2D eigenvalue weighted by molar-refractivity contribution is 5.75. The van der Waals surface area contributed by atoms with Gasteiger partial charge in [0.25, 0.3) is 0 Å². The molecule has 0 aliphatic carbocycles. The van der Waals surface area contributed by atoms with Gasteiger partial charge >= 0.3 is 5.97 Å². The fraction of sp³-hybridized carbons (Fsp3) is 0.917. The second-order valence-electron chi connectivity index (χ2n) is 4.20. The van der Waals surface area contributed by atoms with E-state index < -0.39 is 6.04 Å². The average Bonchev–Trinajstić information content (AvgIpc) is 2.34. The van der Waals surface area contributed by atoms with Crippen molar-refractivity contribution < 1.29 is 14.4 Å². The van der Waals surface area contributed by atoms with Crippen molar-refractivity contribution in [2.24, 2.45) is 11.6 Å². The molecule has 17 heavy (non-hydrogen) atoms. The van der Waals surface area contributed by atoms with E-state index in [4.69, 9.17) is 16.4 Å². The molecular formula is C12H26N2O3. The molecule has 0 saturated carbocycles. The van der Waals surface area contributed by atoms with Crippen LogP contribution in [0.15, 0.2) is 0 Å². The van der Waals surface area contributed by atoms with Crippen LogP contribution in [0.2, 0.25) is 0 Å². The quantitative estimate of drug-likeness (QED) is 0.328. The van der Waals surface area contributed by atoms with E-state index in [1.165, 1.54) is 25.7 Å². The fourth-order valence-electron chi connectivity index (χ4n) is 1.48. The van der Waals surface area contributed by atoms with Gasteiger partial charge in [-0.2, -0.15) is 0 Å². The Morgan fingerprint density at radius 1 is 1.12 bits per heavy atom. The van der Waals surface area contributed by atoms with E-state index in [0.29, 0.717) is 13.0 Å². The third-order valence-corrected chi connectivity index (χ3v) is 2.59. The Bertz CT molecular complexity index is 189. The molecule has 1 atom stereocenters. The highest BCUT2D eigenvalue weighted by Crippen LogP contribution is 2.05. The lowest BCUT2D eigenvalue weighted by atomic mass is 10.1. The Labute approximate surface area is 104 Å². The zero-order valence-corrected chi connectivity index (χ0v) is 10.8. The summed E-state index contributed by atoms with van der Waals surface area (Å²) in [6, 6.07) is -0.626. The first-order valence-corrected chi connectivity index (χ1v) is 6.46. The number of rotatable bonds is 11. The summed E-state index contributed by atoms with van der Waals surface area (Å²) in [5.41, 5.74) is 5.57. The zero-order valence-electron chi connectivity index (χ0n) is 10.8. The van der Waals surface area contributed by atoms with E-state index in [1.54, 1.807) is 0 Å². The van der Waals surface area contributed by atoms with Crippen molar-refractivity contribution >= 4 is 5.97 Å². The van der Waals surface area contributed by atoms with E-state index in [-0.39, 0.29) is 12.6 Å². The zero-order chi connectivity index (χ0) is 12.9.